The zero-order valence-electron chi connectivity index (χ0n) is 18.6. The Bertz CT molecular complexity index is 659. The molecule has 1 unspecified atom stereocenters. The predicted octanol–water partition coefficient (Wildman–Crippen LogP) is 5.09. The third-order valence-corrected chi connectivity index (χ3v) is 4.60. The number of nitrogens with zero attached hydrogens (tertiary/aromatic N) is 1. The highest BCUT2D eigenvalue weighted by molar-refractivity contribution is 6.42. The fourth-order valence-corrected chi connectivity index (χ4v) is 2.48. The van der Waals surface area contributed by atoms with Crippen LogP contribution in [0.15, 0.2) is 18.2 Å². The zero-order chi connectivity index (χ0) is 23.3. The predicted molar refractivity (Wildman–Crippen MR) is 121 cm³/mol. The number of nitrogens with one attached hydrogen (secondary N) is 1. The monoisotopic (exact) mass is 464 g/mol. The van der Waals surface area contributed by atoms with E-state index in [0.717, 1.165) is 31.7 Å². The Morgan fingerprint density at radius 1 is 1.20 bits per heavy atom. The Morgan fingerprint density at radius 3 is 2.13 bits per heavy atom. The molecule has 9 heteroatoms. The topological polar surface area (TPSA) is 88.1 Å². The van der Waals surface area contributed by atoms with Crippen LogP contribution in [0.3, 0.4) is 0 Å². The molecule has 1 aliphatic rings. The first-order valence-electron chi connectivity index (χ1n) is 9.75. The lowest BCUT2D eigenvalue weighted by molar-refractivity contribution is -0.137. The molecule has 0 spiro atoms. The number of carbonyl (C=O) groups excluding carboxylic acids is 1. The van der Waals surface area contributed by atoms with E-state index in [1.165, 1.54) is 0 Å². The molecule has 1 heterocycles. The van der Waals surface area contributed by atoms with Gasteiger partial charge in [0, 0.05) is 25.2 Å². The molecule has 2 rings (SSSR count). The van der Waals surface area contributed by atoms with Crippen LogP contribution in [-0.4, -0.2) is 61.0 Å². The fraction of sp³-hybridized carbons (Fsp3) is 0.619. The average molecular weight is 465 g/mol. The van der Waals surface area contributed by atoms with E-state index in [1.807, 2.05) is 27.7 Å². The molecule has 0 aliphatic carbocycles. The van der Waals surface area contributed by atoms with Crippen molar-refractivity contribution < 1.29 is 24.2 Å². The number of hydrogen-bond donors (Lipinski definition) is 2. The normalized spacial score (nSPS) is 13.9. The average Bonchev–Trinajstić information content (AvgIpc) is 3.18. The van der Waals surface area contributed by atoms with Crippen molar-refractivity contribution >= 4 is 35.3 Å². The lowest BCUT2D eigenvalue weighted by atomic mass is 10.2. The summed E-state index contributed by atoms with van der Waals surface area (Å²) in [7, 11) is 3.33. The van der Waals surface area contributed by atoms with Gasteiger partial charge in [0.15, 0.2) is 0 Å². The van der Waals surface area contributed by atoms with Gasteiger partial charge in [-0.25, -0.2) is 4.79 Å². The van der Waals surface area contributed by atoms with Crippen LogP contribution >= 0.6 is 23.2 Å². The SMILES string of the molecule is CC(C)(C)OC(=O)N1CCCC1.CNC(C)CC(=O)O.COc1ccc(Cl)c(Cl)c1. The third kappa shape index (κ3) is 13.5. The van der Waals surface area contributed by atoms with E-state index < -0.39 is 5.97 Å². The lowest BCUT2D eigenvalue weighted by Crippen LogP contribution is -2.34. The minimum absolute atomic E-state index is 0.0764. The summed E-state index contributed by atoms with van der Waals surface area (Å²) in [6.07, 6.45) is 2.25. The van der Waals surface area contributed by atoms with Crippen LogP contribution in [-0.2, 0) is 9.53 Å². The summed E-state index contributed by atoms with van der Waals surface area (Å²) in [5, 5.41) is 12.0. The van der Waals surface area contributed by atoms with Crippen LogP contribution in [0.1, 0.15) is 47.0 Å². The molecule has 0 saturated carbocycles. The van der Waals surface area contributed by atoms with Gasteiger partial charge in [0.1, 0.15) is 11.4 Å². The van der Waals surface area contributed by atoms with E-state index in [-0.39, 0.29) is 24.2 Å². The van der Waals surface area contributed by atoms with Gasteiger partial charge in [0.05, 0.1) is 23.6 Å². The van der Waals surface area contributed by atoms with Gasteiger partial charge >= 0.3 is 12.1 Å². The van der Waals surface area contributed by atoms with Crippen LogP contribution in [0.25, 0.3) is 0 Å². The maximum atomic E-state index is 11.4. The molecule has 2 N–H and O–H groups in total. The minimum atomic E-state index is -0.758. The van der Waals surface area contributed by atoms with E-state index in [2.05, 4.69) is 5.32 Å². The number of amides is 1. The van der Waals surface area contributed by atoms with Crippen LogP contribution in [0.2, 0.25) is 10.0 Å². The van der Waals surface area contributed by atoms with Crippen molar-refractivity contribution in [2.75, 3.05) is 27.2 Å². The molecule has 0 bridgehead atoms. The Balaban J connectivity index is 0.000000431. The van der Waals surface area contributed by atoms with Gasteiger partial charge in [0.25, 0.3) is 0 Å². The van der Waals surface area contributed by atoms with Crippen molar-refractivity contribution in [3.8, 4) is 5.75 Å². The number of carboxylic acid groups (broad SMARTS) is 1. The third-order valence-electron chi connectivity index (χ3n) is 3.86. The highest BCUT2D eigenvalue weighted by Crippen LogP contribution is 2.25. The Hall–Kier alpha value is -1.70. The number of rotatable bonds is 4. The highest BCUT2D eigenvalue weighted by atomic mass is 35.5. The number of methoxy groups -OCH3 is 1. The van der Waals surface area contributed by atoms with Crippen LogP contribution in [0.4, 0.5) is 4.79 Å². The molecular weight excluding hydrogens is 431 g/mol. The maximum absolute atomic E-state index is 11.4. The minimum Gasteiger partial charge on any atom is -0.497 e. The van der Waals surface area contributed by atoms with Gasteiger partial charge < -0.3 is 24.8 Å². The van der Waals surface area contributed by atoms with E-state index in [9.17, 15) is 9.59 Å². The first-order chi connectivity index (χ1) is 13.9. The summed E-state index contributed by atoms with van der Waals surface area (Å²) >= 11 is 11.3. The number of benzene rings is 1. The number of carboxylic acids is 1. The molecule has 1 aliphatic heterocycles. The Labute approximate surface area is 189 Å². The summed E-state index contributed by atoms with van der Waals surface area (Å²) in [6, 6.07) is 5.20. The van der Waals surface area contributed by atoms with Gasteiger partial charge in [-0.1, -0.05) is 23.2 Å². The molecule has 1 aromatic rings. The standard InChI is InChI=1S/C9H17NO2.C7H6Cl2O.C5H11NO2/c1-9(2,3)12-8(11)10-6-4-5-7-10;1-10-5-2-3-6(8)7(9)4-5;1-4(6-2)3-5(7)8/h4-7H2,1-3H3;2-4H,1H3;4,6H,3H2,1-2H3,(H,7,8). The first-order valence-corrected chi connectivity index (χ1v) is 10.5. The van der Waals surface area contributed by atoms with E-state index in [0.29, 0.717) is 10.0 Å². The molecule has 172 valence electrons. The second-order valence-electron chi connectivity index (χ2n) is 7.74. The smallest absolute Gasteiger partial charge is 0.410 e. The number of halogens is 2. The number of aliphatic carboxylic acids is 1. The summed E-state index contributed by atoms with van der Waals surface area (Å²) in [6.45, 7) is 9.21. The largest absolute Gasteiger partial charge is 0.497 e. The van der Waals surface area contributed by atoms with E-state index in [4.69, 9.17) is 37.8 Å². The summed E-state index contributed by atoms with van der Waals surface area (Å²) < 4.78 is 10.1. The Morgan fingerprint density at radius 2 is 1.77 bits per heavy atom. The van der Waals surface area contributed by atoms with Gasteiger partial charge in [-0.2, -0.15) is 0 Å². The lowest BCUT2D eigenvalue weighted by Gasteiger charge is -2.23. The van der Waals surface area contributed by atoms with Crippen molar-refractivity contribution in [2.45, 2.75) is 58.6 Å². The van der Waals surface area contributed by atoms with Crippen LogP contribution < -0.4 is 10.1 Å². The molecule has 0 radical (unpaired) electrons. The molecule has 30 heavy (non-hydrogen) atoms. The second-order valence-corrected chi connectivity index (χ2v) is 8.56. The van der Waals surface area contributed by atoms with Gasteiger partial charge in [-0.3, -0.25) is 4.79 Å². The van der Waals surface area contributed by atoms with Crippen molar-refractivity contribution in [1.82, 2.24) is 10.2 Å². The van der Waals surface area contributed by atoms with Gasteiger partial charge in [-0.05, 0) is 59.7 Å². The number of carbonyl (C=O) groups is 2. The van der Waals surface area contributed by atoms with E-state index in [1.54, 1.807) is 37.3 Å². The molecule has 1 aromatic carbocycles. The Kier molecular flexibility index (Phi) is 13.5. The second kappa shape index (κ2) is 14.3. The van der Waals surface area contributed by atoms with E-state index >= 15 is 0 Å². The van der Waals surface area contributed by atoms with Crippen molar-refractivity contribution in [3.05, 3.63) is 28.2 Å². The highest BCUT2D eigenvalue weighted by Gasteiger charge is 2.23. The summed E-state index contributed by atoms with van der Waals surface area (Å²) in [4.78, 5) is 23.1. The number of likely N-dealkylation sites (tertiary alicyclic amines) is 1. The van der Waals surface area contributed by atoms with Crippen molar-refractivity contribution in [1.29, 1.82) is 0 Å². The molecule has 1 amide bonds. The first kappa shape index (κ1) is 28.3. The van der Waals surface area contributed by atoms with Crippen LogP contribution in [0, 0.1) is 0 Å². The number of ether oxygens (including phenoxy) is 2. The molecule has 0 aromatic heterocycles. The molecule has 7 nitrogen and oxygen atoms in total. The zero-order valence-corrected chi connectivity index (χ0v) is 20.1. The van der Waals surface area contributed by atoms with Gasteiger partial charge in [-0.15, -0.1) is 0 Å². The summed E-state index contributed by atoms with van der Waals surface area (Å²) in [5.74, 6) is -0.0405. The fourth-order valence-electron chi connectivity index (χ4n) is 2.19. The molecule has 1 saturated heterocycles. The van der Waals surface area contributed by atoms with Crippen molar-refractivity contribution in [3.63, 3.8) is 0 Å². The number of hydrogen-bond acceptors (Lipinski definition) is 5. The quantitative estimate of drug-likeness (QED) is 0.644. The maximum Gasteiger partial charge on any atom is 0.410 e. The molecular formula is C21H34Cl2N2O5. The van der Waals surface area contributed by atoms with Gasteiger partial charge in [0.2, 0.25) is 0 Å². The van der Waals surface area contributed by atoms with Crippen molar-refractivity contribution in [2.24, 2.45) is 0 Å². The molecule has 1 fully saturated rings. The summed E-state index contributed by atoms with van der Waals surface area (Å²) in [5.41, 5.74) is -0.361. The molecule has 1 atom stereocenters. The van der Waals surface area contributed by atoms with Crippen LogP contribution in [0.5, 0.6) is 5.75 Å².